The number of thioether (sulfide) groups is 1. The van der Waals surface area contributed by atoms with Gasteiger partial charge in [-0.2, -0.15) is 0 Å². The maximum Gasteiger partial charge on any atom is 0.191 e. The van der Waals surface area contributed by atoms with Crippen molar-refractivity contribution in [3.05, 3.63) is 71.2 Å². The van der Waals surface area contributed by atoms with Gasteiger partial charge in [0.15, 0.2) is 11.0 Å². The second-order valence-corrected chi connectivity index (χ2v) is 7.59. The van der Waals surface area contributed by atoms with Gasteiger partial charge in [-0.05, 0) is 36.4 Å². The molecule has 27 heavy (non-hydrogen) atoms. The van der Waals surface area contributed by atoms with Crippen LogP contribution in [0.15, 0.2) is 59.1 Å². The standard InChI is InChI=1S/C19H14F2N4S2/c1-25-17(15-4-2-3-5-16(15)21)23-24-19(25)27-11-14-10-26-18(22-14)12-6-8-13(20)9-7-12/h2-10H,11H2,1H3. The van der Waals surface area contributed by atoms with Gasteiger partial charge in [-0.1, -0.05) is 23.9 Å². The average Bonchev–Trinajstić information content (AvgIpc) is 3.28. The van der Waals surface area contributed by atoms with Gasteiger partial charge in [-0.15, -0.1) is 21.5 Å². The summed E-state index contributed by atoms with van der Waals surface area (Å²) in [4.78, 5) is 4.59. The maximum absolute atomic E-state index is 14.0. The van der Waals surface area contributed by atoms with Crippen LogP contribution in [0.3, 0.4) is 0 Å². The molecule has 4 aromatic rings. The second kappa shape index (κ2) is 7.58. The highest BCUT2D eigenvalue weighted by molar-refractivity contribution is 7.98. The van der Waals surface area contributed by atoms with E-state index in [9.17, 15) is 8.78 Å². The predicted octanol–water partition coefficient (Wildman–Crippen LogP) is 5.18. The Kier molecular flexibility index (Phi) is 5.00. The van der Waals surface area contributed by atoms with Crippen LogP contribution in [0.5, 0.6) is 0 Å². The molecule has 0 aliphatic heterocycles. The minimum Gasteiger partial charge on any atom is -0.305 e. The Hall–Kier alpha value is -2.58. The third kappa shape index (κ3) is 3.77. The zero-order valence-electron chi connectivity index (χ0n) is 14.3. The summed E-state index contributed by atoms with van der Waals surface area (Å²) in [5.41, 5.74) is 2.21. The minimum atomic E-state index is -0.326. The Morgan fingerprint density at radius 2 is 1.81 bits per heavy atom. The quantitative estimate of drug-likeness (QED) is 0.433. The fourth-order valence-electron chi connectivity index (χ4n) is 2.55. The lowest BCUT2D eigenvalue weighted by Crippen LogP contribution is -1.96. The molecule has 0 aliphatic carbocycles. The normalized spacial score (nSPS) is 11.1. The molecule has 0 unspecified atom stereocenters. The van der Waals surface area contributed by atoms with Gasteiger partial charge >= 0.3 is 0 Å². The highest BCUT2D eigenvalue weighted by atomic mass is 32.2. The van der Waals surface area contributed by atoms with Gasteiger partial charge in [0.05, 0.1) is 11.3 Å². The van der Waals surface area contributed by atoms with E-state index in [1.807, 2.05) is 12.4 Å². The number of hydrogen-bond donors (Lipinski definition) is 0. The van der Waals surface area contributed by atoms with Crippen molar-refractivity contribution < 1.29 is 8.78 Å². The lowest BCUT2D eigenvalue weighted by Gasteiger charge is -2.04. The Labute approximate surface area is 162 Å². The van der Waals surface area contributed by atoms with Crippen molar-refractivity contribution in [1.29, 1.82) is 0 Å². The Morgan fingerprint density at radius 3 is 2.59 bits per heavy atom. The van der Waals surface area contributed by atoms with Crippen LogP contribution in [0.2, 0.25) is 0 Å². The van der Waals surface area contributed by atoms with Gasteiger partial charge in [0, 0.05) is 23.7 Å². The molecule has 0 fully saturated rings. The number of hydrogen-bond acceptors (Lipinski definition) is 5. The molecule has 0 saturated heterocycles. The van der Waals surface area contributed by atoms with Crippen molar-refractivity contribution >= 4 is 23.1 Å². The third-order valence-electron chi connectivity index (χ3n) is 3.94. The second-order valence-electron chi connectivity index (χ2n) is 5.78. The van der Waals surface area contributed by atoms with E-state index >= 15 is 0 Å². The van der Waals surface area contributed by atoms with Crippen LogP contribution >= 0.6 is 23.1 Å². The van der Waals surface area contributed by atoms with E-state index in [0.717, 1.165) is 16.3 Å². The first-order chi connectivity index (χ1) is 13.1. The van der Waals surface area contributed by atoms with Crippen LogP contribution < -0.4 is 0 Å². The summed E-state index contributed by atoms with van der Waals surface area (Å²) in [5.74, 6) is 0.508. The van der Waals surface area contributed by atoms with Crippen LogP contribution in [-0.2, 0) is 12.8 Å². The minimum absolute atomic E-state index is 0.265. The molecule has 0 N–H and O–H groups in total. The Bertz CT molecular complexity index is 1070. The van der Waals surface area contributed by atoms with E-state index in [1.165, 1.54) is 41.3 Å². The van der Waals surface area contributed by atoms with Crippen LogP contribution in [0.1, 0.15) is 5.69 Å². The Morgan fingerprint density at radius 1 is 1.04 bits per heavy atom. The van der Waals surface area contributed by atoms with Crippen molar-refractivity contribution in [2.75, 3.05) is 0 Å². The van der Waals surface area contributed by atoms with Gasteiger partial charge in [0.1, 0.15) is 16.6 Å². The van der Waals surface area contributed by atoms with Crippen molar-refractivity contribution in [2.24, 2.45) is 7.05 Å². The molecule has 136 valence electrons. The van der Waals surface area contributed by atoms with E-state index < -0.39 is 0 Å². The molecule has 0 amide bonds. The predicted molar refractivity (Wildman–Crippen MR) is 103 cm³/mol. The number of benzene rings is 2. The molecular weight excluding hydrogens is 386 g/mol. The molecule has 4 rings (SSSR count). The monoisotopic (exact) mass is 400 g/mol. The van der Waals surface area contributed by atoms with Crippen molar-refractivity contribution in [2.45, 2.75) is 10.9 Å². The lowest BCUT2D eigenvalue weighted by atomic mass is 10.2. The topological polar surface area (TPSA) is 43.6 Å². The van der Waals surface area contributed by atoms with Crippen molar-refractivity contribution in [1.82, 2.24) is 19.7 Å². The fraction of sp³-hybridized carbons (Fsp3) is 0.105. The number of halogens is 2. The molecule has 0 radical (unpaired) electrons. The first kappa shape index (κ1) is 17.8. The largest absolute Gasteiger partial charge is 0.305 e. The van der Waals surface area contributed by atoms with Gasteiger partial charge in [0.25, 0.3) is 0 Å². The smallest absolute Gasteiger partial charge is 0.191 e. The Balaban J connectivity index is 1.49. The number of thiazole rings is 1. The summed E-state index contributed by atoms with van der Waals surface area (Å²) < 4.78 is 28.8. The van der Waals surface area contributed by atoms with Crippen LogP contribution in [0.25, 0.3) is 22.0 Å². The fourth-order valence-corrected chi connectivity index (χ4v) is 4.29. The molecule has 0 spiro atoms. The molecule has 0 aliphatic rings. The summed E-state index contributed by atoms with van der Waals surface area (Å²) in [6.07, 6.45) is 0. The van der Waals surface area contributed by atoms with Gasteiger partial charge in [0.2, 0.25) is 0 Å². The molecule has 2 aromatic heterocycles. The summed E-state index contributed by atoms with van der Waals surface area (Å²) in [6, 6.07) is 12.8. The van der Waals surface area contributed by atoms with Gasteiger partial charge < -0.3 is 4.57 Å². The molecule has 8 heteroatoms. The summed E-state index contributed by atoms with van der Waals surface area (Å²) in [7, 11) is 1.81. The van der Waals surface area contributed by atoms with E-state index in [0.29, 0.717) is 22.3 Å². The average molecular weight is 400 g/mol. The van der Waals surface area contributed by atoms with Crippen molar-refractivity contribution in [3.8, 4) is 22.0 Å². The molecule has 4 nitrogen and oxygen atoms in total. The van der Waals surface area contributed by atoms with E-state index in [1.54, 1.807) is 34.9 Å². The number of aromatic nitrogens is 4. The van der Waals surface area contributed by atoms with E-state index in [4.69, 9.17) is 0 Å². The van der Waals surface area contributed by atoms with E-state index in [-0.39, 0.29) is 11.6 Å². The summed E-state index contributed by atoms with van der Waals surface area (Å²) in [5, 5.41) is 11.8. The maximum atomic E-state index is 14.0. The van der Waals surface area contributed by atoms with E-state index in [2.05, 4.69) is 15.2 Å². The zero-order valence-corrected chi connectivity index (χ0v) is 15.9. The third-order valence-corrected chi connectivity index (χ3v) is 5.94. The van der Waals surface area contributed by atoms with Crippen LogP contribution in [0, 0.1) is 11.6 Å². The molecular formula is C19H14F2N4S2. The zero-order chi connectivity index (χ0) is 18.8. The molecule has 2 aromatic carbocycles. The first-order valence-electron chi connectivity index (χ1n) is 8.09. The SMILES string of the molecule is Cn1c(SCc2csc(-c3ccc(F)cc3)n2)nnc1-c1ccccc1F. The highest BCUT2D eigenvalue weighted by Crippen LogP contribution is 2.29. The highest BCUT2D eigenvalue weighted by Gasteiger charge is 2.15. The van der Waals surface area contributed by atoms with Gasteiger partial charge in [-0.25, -0.2) is 13.8 Å². The van der Waals surface area contributed by atoms with Crippen molar-refractivity contribution in [3.63, 3.8) is 0 Å². The lowest BCUT2D eigenvalue weighted by molar-refractivity contribution is 0.627. The van der Waals surface area contributed by atoms with Crippen LogP contribution in [-0.4, -0.2) is 19.7 Å². The summed E-state index contributed by atoms with van der Waals surface area (Å²) in [6.45, 7) is 0. The van der Waals surface area contributed by atoms with Crippen LogP contribution in [0.4, 0.5) is 8.78 Å². The molecule has 0 saturated carbocycles. The molecule has 0 atom stereocenters. The summed E-state index contributed by atoms with van der Waals surface area (Å²) >= 11 is 3.00. The number of nitrogens with zero attached hydrogens (tertiary/aromatic N) is 4. The number of rotatable bonds is 5. The molecule has 2 heterocycles. The van der Waals surface area contributed by atoms with Gasteiger partial charge in [-0.3, -0.25) is 0 Å². The molecule has 0 bridgehead atoms. The first-order valence-corrected chi connectivity index (χ1v) is 9.96.